The van der Waals surface area contributed by atoms with Crippen LogP contribution in [0.3, 0.4) is 0 Å². The van der Waals surface area contributed by atoms with Gasteiger partial charge in [0.25, 0.3) is 0 Å². The van der Waals surface area contributed by atoms with Crippen LogP contribution in [-0.2, 0) is 10.0 Å². The molecule has 0 bridgehead atoms. The molecule has 0 spiro atoms. The third-order valence-electron chi connectivity index (χ3n) is 5.17. The van der Waals surface area contributed by atoms with E-state index in [1.165, 1.54) is 0 Å². The number of benzene rings is 2. The topological polar surface area (TPSA) is 110 Å². The fourth-order valence-electron chi connectivity index (χ4n) is 3.68. The molecule has 9 heteroatoms. The van der Waals surface area contributed by atoms with E-state index in [-0.39, 0.29) is 17.8 Å². The second-order valence-corrected chi connectivity index (χ2v) is 9.71. The molecular formula is C24H23N5O3S. The van der Waals surface area contributed by atoms with Gasteiger partial charge in [-0.1, -0.05) is 12.1 Å². The minimum atomic E-state index is -3.37. The third-order valence-corrected chi connectivity index (χ3v) is 6.47. The fourth-order valence-corrected chi connectivity index (χ4v) is 4.32. The van der Waals surface area contributed by atoms with Gasteiger partial charge in [0, 0.05) is 35.6 Å². The summed E-state index contributed by atoms with van der Waals surface area (Å²) in [6.45, 7) is 5.67. The van der Waals surface area contributed by atoms with Gasteiger partial charge >= 0.3 is 6.01 Å². The maximum absolute atomic E-state index is 11.9. The van der Waals surface area contributed by atoms with Gasteiger partial charge in [0.05, 0.1) is 22.5 Å². The Labute approximate surface area is 192 Å². The van der Waals surface area contributed by atoms with Crippen molar-refractivity contribution in [2.24, 2.45) is 0 Å². The number of nitrogens with zero attached hydrogens (tertiary/aromatic N) is 4. The predicted octanol–water partition coefficient (Wildman–Crippen LogP) is 5.10. The van der Waals surface area contributed by atoms with Crippen LogP contribution in [0.4, 0.5) is 5.69 Å². The Morgan fingerprint density at radius 1 is 1.12 bits per heavy atom. The zero-order valence-electron chi connectivity index (χ0n) is 18.5. The van der Waals surface area contributed by atoms with Crippen LogP contribution >= 0.6 is 0 Å². The normalized spacial score (nSPS) is 11.5. The van der Waals surface area contributed by atoms with Crippen LogP contribution in [0.25, 0.3) is 22.2 Å². The second kappa shape index (κ2) is 8.92. The molecule has 0 aliphatic heterocycles. The molecule has 0 atom stereocenters. The third kappa shape index (κ3) is 4.52. The molecule has 2 aromatic heterocycles. The molecule has 0 aliphatic rings. The molecule has 0 amide bonds. The Hall–Kier alpha value is -3.90. The average Bonchev–Trinajstić information content (AvgIpc) is 3.14. The zero-order chi connectivity index (χ0) is 23.6. The summed E-state index contributed by atoms with van der Waals surface area (Å²) in [4.78, 5) is 8.19. The van der Waals surface area contributed by atoms with Gasteiger partial charge in [-0.3, -0.25) is 4.72 Å². The molecule has 0 unspecified atom stereocenters. The molecule has 0 saturated heterocycles. The highest BCUT2D eigenvalue weighted by molar-refractivity contribution is 7.92. The van der Waals surface area contributed by atoms with Gasteiger partial charge in [-0.05, 0) is 56.7 Å². The molecule has 1 N–H and O–H groups in total. The number of anilines is 1. The van der Waals surface area contributed by atoms with Crippen molar-refractivity contribution in [3.8, 4) is 29.1 Å². The number of rotatable bonds is 7. The molecule has 4 aromatic rings. The molecular weight excluding hydrogens is 438 g/mol. The number of sulfonamides is 1. The molecule has 168 valence electrons. The molecule has 33 heavy (non-hydrogen) atoms. The van der Waals surface area contributed by atoms with E-state index in [9.17, 15) is 13.7 Å². The summed E-state index contributed by atoms with van der Waals surface area (Å²) in [5, 5.41) is 10.8. The van der Waals surface area contributed by atoms with Crippen LogP contribution < -0.4 is 9.46 Å². The van der Waals surface area contributed by atoms with Crippen LogP contribution in [0.2, 0.25) is 0 Å². The van der Waals surface area contributed by atoms with Crippen LogP contribution in [0.15, 0.2) is 60.9 Å². The van der Waals surface area contributed by atoms with Gasteiger partial charge in [-0.15, -0.1) is 0 Å². The van der Waals surface area contributed by atoms with Gasteiger partial charge < -0.3 is 9.30 Å². The Bertz CT molecular complexity index is 1440. The Balaban J connectivity index is 1.82. The number of ether oxygens (including phenoxy) is 1. The summed E-state index contributed by atoms with van der Waals surface area (Å²) in [5.41, 5.74) is 3.44. The second-order valence-electron chi connectivity index (χ2n) is 7.69. The summed E-state index contributed by atoms with van der Waals surface area (Å²) in [6.07, 6.45) is 3.21. The van der Waals surface area contributed by atoms with Gasteiger partial charge in [0.1, 0.15) is 11.8 Å². The molecule has 2 aromatic carbocycles. The monoisotopic (exact) mass is 461 g/mol. The SMILES string of the molecule is CCS(=O)(=O)Nc1ccc(-c2c(C#N)c3ccc(Oc4ncccn4)cc3n2C(C)C)cc1. The maximum Gasteiger partial charge on any atom is 0.321 e. The molecule has 0 saturated carbocycles. The van der Waals surface area contributed by atoms with E-state index >= 15 is 0 Å². The lowest BCUT2D eigenvalue weighted by Gasteiger charge is -2.16. The largest absolute Gasteiger partial charge is 0.424 e. The minimum Gasteiger partial charge on any atom is -0.424 e. The van der Waals surface area contributed by atoms with E-state index in [0.717, 1.165) is 22.2 Å². The van der Waals surface area contributed by atoms with Crippen molar-refractivity contribution in [2.75, 3.05) is 10.5 Å². The van der Waals surface area contributed by atoms with Crippen LogP contribution in [-0.4, -0.2) is 28.7 Å². The van der Waals surface area contributed by atoms with Crippen molar-refractivity contribution in [1.82, 2.24) is 14.5 Å². The summed E-state index contributed by atoms with van der Waals surface area (Å²) in [7, 11) is -3.37. The minimum absolute atomic E-state index is 0.00660. The standard InChI is InChI=1S/C24H23N5O3S/c1-4-33(30,31)28-18-8-6-17(7-9-18)23-21(15-25)20-11-10-19(14-22(20)29(23)16(2)3)32-24-26-12-5-13-27-24/h5-14,16,28H,4H2,1-3H3. The van der Waals surface area contributed by atoms with Crippen molar-refractivity contribution in [3.05, 3.63) is 66.5 Å². The number of fused-ring (bicyclic) bond motifs is 1. The first kappa shape index (κ1) is 22.3. The summed E-state index contributed by atoms with van der Waals surface area (Å²) < 4.78 is 34.2. The van der Waals surface area contributed by atoms with Crippen molar-refractivity contribution in [1.29, 1.82) is 5.26 Å². The number of hydrogen-bond donors (Lipinski definition) is 1. The summed E-state index contributed by atoms with van der Waals surface area (Å²) in [5.74, 6) is 0.557. The van der Waals surface area contributed by atoms with E-state index in [0.29, 0.717) is 17.0 Å². The van der Waals surface area contributed by atoms with Crippen molar-refractivity contribution < 1.29 is 13.2 Å². The first-order valence-electron chi connectivity index (χ1n) is 10.5. The van der Waals surface area contributed by atoms with Crippen LogP contribution in [0.1, 0.15) is 32.4 Å². The predicted molar refractivity (Wildman–Crippen MR) is 128 cm³/mol. The van der Waals surface area contributed by atoms with E-state index in [4.69, 9.17) is 4.74 Å². The number of aromatic nitrogens is 3. The van der Waals surface area contributed by atoms with Crippen LogP contribution in [0, 0.1) is 11.3 Å². The lowest BCUT2D eigenvalue weighted by Crippen LogP contribution is -2.14. The van der Waals surface area contributed by atoms with E-state index < -0.39 is 10.0 Å². The average molecular weight is 462 g/mol. The maximum atomic E-state index is 11.9. The molecule has 8 nitrogen and oxygen atoms in total. The van der Waals surface area contributed by atoms with E-state index in [1.807, 2.05) is 38.1 Å². The van der Waals surface area contributed by atoms with Crippen molar-refractivity contribution in [2.45, 2.75) is 26.8 Å². The summed E-state index contributed by atoms with van der Waals surface area (Å²) in [6, 6.07) is 16.9. The van der Waals surface area contributed by atoms with Gasteiger partial charge in [0.15, 0.2) is 0 Å². The van der Waals surface area contributed by atoms with E-state index in [1.54, 1.807) is 43.6 Å². The molecule has 0 aliphatic carbocycles. The van der Waals surface area contributed by atoms with E-state index in [2.05, 4.69) is 25.3 Å². The van der Waals surface area contributed by atoms with Gasteiger partial charge in [-0.2, -0.15) is 5.26 Å². The molecule has 4 rings (SSSR count). The highest BCUT2D eigenvalue weighted by atomic mass is 32.2. The Morgan fingerprint density at radius 3 is 2.42 bits per heavy atom. The zero-order valence-corrected chi connectivity index (χ0v) is 19.3. The first-order valence-corrected chi connectivity index (χ1v) is 12.1. The fraction of sp³-hybridized carbons (Fsp3) is 0.208. The highest BCUT2D eigenvalue weighted by Crippen LogP contribution is 2.38. The smallest absolute Gasteiger partial charge is 0.321 e. The number of hydrogen-bond acceptors (Lipinski definition) is 6. The number of nitriles is 1. The molecule has 0 fully saturated rings. The lowest BCUT2D eigenvalue weighted by atomic mass is 10.1. The summed E-state index contributed by atoms with van der Waals surface area (Å²) >= 11 is 0. The highest BCUT2D eigenvalue weighted by Gasteiger charge is 2.21. The Morgan fingerprint density at radius 2 is 1.82 bits per heavy atom. The quantitative estimate of drug-likeness (QED) is 0.410. The van der Waals surface area contributed by atoms with Gasteiger partial charge in [0.2, 0.25) is 10.0 Å². The van der Waals surface area contributed by atoms with Crippen LogP contribution in [0.5, 0.6) is 11.8 Å². The first-order chi connectivity index (χ1) is 15.8. The molecule has 0 radical (unpaired) electrons. The Kier molecular flexibility index (Phi) is 6.03. The lowest BCUT2D eigenvalue weighted by molar-refractivity contribution is 0.442. The number of nitrogens with one attached hydrogen (secondary N) is 1. The van der Waals surface area contributed by atoms with Crippen molar-refractivity contribution in [3.63, 3.8) is 0 Å². The molecule has 2 heterocycles. The van der Waals surface area contributed by atoms with Crippen molar-refractivity contribution >= 4 is 26.6 Å². The van der Waals surface area contributed by atoms with Gasteiger partial charge in [-0.25, -0.2) is 18.4 Å².